The van der Waals surface area contributed by atoms with E-state index >= 15 is 0 Å². The minimum Gasteiger partial charge on any atom is -0.276 e. The summed E-state index contributed by atoms with van der Waals surface area (Å²) < 4.78 is 0. The van der Waals surface area contributed by atoms with Crippen LogP contribution in [-0.4, -0.2) is 15.1 Å². The molecule has 0 heterocycles. The van der Waals surface area contributed by atoms with Crippen molar-refractivity contribution in [1.82, 2.24) is 0 Å². The van der Waals surface area contributed by atoms with Crippen molar-refractivity contribution in [3.8, 4) is 0 Å². The van der Waals surface area contributed by atoms with Gasteiger partial charge in [0.1, 0.15) is 0 Å². The van der Waals surface area contributed by atoms with Gasteiger partial charge in [0.05, 0.1) is 9.85 Å². The molecule has 1 aromatic rings. The van der Waals surface area contributed by atoms with Crippen molar-refractivity contribution < 1.29 is 14.6 Å². The first-order valence-electron chi connectivity index (χ1n) is 3.98. The molecule has 0 radical (unpaired) electrons. The molecule has 7 nitrogen and oxygen atoms in total. The Balaban J connectivity index is 3.55. The van der Waals surface area contributed by atoms with Gasteiger partial charge in [-0.1, -0.05) is 0 Å². The fourth-order valence-electron chi connectivity index (χ4n) is 1.19. The molecular formula is C8H5ClN2O5. The van der Waals surface area contributed by atoms with Crippen molar-refractivity contribution in [2.24, 2.45) is 0 Å². The lowest BCUT2D eigenvalue weighted by Crippen LogP contribution is -2.01. The summed E-state index contributed by atoms with van der Waals surface area (Å²) in [6.45, 7) is 1.41. The lowest BCUT2D eigenvalue weighted by Gasteiger charge is -2.01. The van der Waals surface area contributed by atoms with Crippen molar-refractivity contribution in [3.05, 3.63) is 43.5 Å². The molecule has 0 aliphatic rings. The molecule has 0 unspecified atom stereocenters. The molecule has 0 saturated carbocycles. The maximum atomic E-state index is 10.9. The van der Waals surface area contributed by atoms with Crippen LogP contribution < -0.4 is 0 Å². The molecule has 0 atom stereocenters. The van der Waals surface area contributed by atoms with Crippen LogP contribution in [0.2, 0.25) is 0 Å². The molecule has 0 aliphatic heterocycles. The average molecular weight is 245 g/mol. The van der Waals surface area contributed by atoms with E-state index in [2.05, 4.69) is 0 Å². The second-order valence-corrected chi connectivity index (χ2v) is 3.29. The van der Waals surface area contributed by atoms with Crippen molar-refractivity contribution in [3.63, 3.8) is 0 Å². The standard InChI is InChI=1S/C8H5ClN2O5/c1-4-2-6(10(13)14)7(11(15)16)3-5(4)8(9)12/h2-3H,1H3. The molecule has 0 amide bonds. The van der Waals surface area contributed by atoms with Gasteiger partial charge in [-0.2, -0.15) is 0 Å². The van der Waals surface area contributed by atoms with Crippen LogP contribution in [0.5, 0.6) is 0 Å². The predicted molar refractivity (Wildman–Crippen MR) is 54.7 cm³/mol. The fraction of sp³-hybridized carbons (Fsp3) is 0.125. The maximum absolute atomic E-state index is 10.9. The Morgan fingerprint density at radius 1 is 1.19 bits per heavy atom. The number of nitrogens with zero attached hydrogens (tertiary/aromatic N) is 2. The molecule has 0 spiro atoms. The van der Waals surface area contributed by atoms with Crippen LogP contribution in [0.25, 0.3) is 0 Å². The summed E-state index contributed by atoms with van der Waals surface area (Å²) in [4.78, 5) is 30.2. The van der Waals surface area contributed by atoms with E-state index in [4.69, 9.17) is 11.6 Å². The Labute approximate surface area is 93.9 Å². The summed E-state index contributed by atoms with van der Waals surface area (Å²) in [6, 6.07) is 1.76. The van der Waals surface area contributed by atoms with E-state index in [1.54, 1.807) is 0 Å². The second-order valence-electron chi connectivity index (χ2n) is 2.94. The molecule has 0 aromatic heterocycles. The van der Waals surface area contributed by atoms with Gasteiger partial charge in [0.25, 0.3) is 5.24 Å². The van der Waals surface area contributed by atoms with Crippen LogP contribution in [0.1, 0.15) is 15.9 Å². The summed E-state index contributed by atoms with van der Waals surface area (Å²) in [5.41, 5.74) is -1.31. The summed E-state index contributed by atoms with van der Waals surface area (Å²) in [5, 5.41) is 20.2. The van der Waals surface area contributed by atoms with Gasteiger partial charge in [-0.25, -0.2) is 0 Å². The Morgan fingerprint density at radius 3 is 2.00 bits per heavy atom. The van der Waals surface area contributed by atoms with Gasteiger partial charge in [0, 0.05) is 17.7 Å². The molecule has 16 heavy (non-hydrogen) atoms. The van der Waals surface area contributed by atoms with E-state index in [0.29, 0.717) is 0 Å². The Kier molecular flexibility index (Phi) is 3.19. The number of hydrogen-bond acceptors (Lipinski definition) is 5. The highest BCUT2D eigenvalue weighted by molar-refractivity contribution is 6.68. The van der Waals surface area contributed by atoms with Crippen LogP contribution in [0.4, 0.5) is 11.4 Å². The molecule has 0 fully saturated rings. The van der Waals surface area contributed by atoms with Gasteiger partial charge in [-0.3, -0.25) is 25.0 Å². The quantitative estimate of drug-likeness (QED) is 0.460. The minimum atomic E-state index is -0.930. The third kappa shape index (κ3) is 2.14. The number of nitro groups is 2. The molecule has 8 heteroatoms. The molecule has 1 aromatic carbocycles. The smallest absolute Gasteiger partial charge is 0.276 e. The Hall–Kier alpha value is -2.02. The van der Waals surface area contributed by atoms with E-state index in [-0.39, 0.29) is 11.1 Å². The van der Waals surface area contributed by atoms with Crippen molar-refractivity contribution in [2.75, 3.05) is 0 Å². The minimum absolute atomic E-state index is 0.112. The fourth-order valence-corrected chi connectivity index (χ4v) is 1.39. The topological polar surface area (TPSA) is 103 Å². The number of halogens is 1. The lowest BCUT2D eigenvalue weighted by molar-refractivity contribution is -0.422. The number of carbonyl (C=O) groups excluding carboxylic acids is 1. The normalized spacial score (nSPS) is 9.88. The van der Waals surface area contributed by atoms with Crippen LogP contribution in [-0.2, 0) is 0 Å². The summed E-state index contributed by atoms with van der Waals surface area (Å²) in [5.74, 6) is 0. The first-order valence-corrected chi connectivity index (χ1v) is 4.35. The van der Waals surface area contributed by atoms with Crippen LogP contribution in [0.15, 0.2) is 12.1 Å². The SMILES string of the molecule is Cc1cc([N+](=O)[O-])c([N+](=O)[O-])cc1C(=O)Cl. The zero-order valence-electron chi connectivity index (χ0n) is 7.97. The zero-order valence-corrected chi connectivity index (χ0v) is 8.72. The van der Waals surface area contributed by atoms with E-state index in [1.165, 1.54) is 6.92 Å². The van der Waals surface area contributed by atoms with Gasteiger partial charge in [-0.05, 0) is 24.1 Å². The van der Waals surface area contributed by atoms with E-state index in [0.717, 1.165) is 12.1 Å². The second kappa shape index (κ2) is 4.23. The zero-order chi connectivity index (χ0) is 12.5. The van der Waals surface area contributed by atoms with Gasteiger partial charge in [0.2, 0.25) is 0 Å². The highest BCUT2D eigenvalue weighted by atomic mass is 35.5. The summed E-state index contributed by atoms with van der Waals surface area (Å²) >= 11 is 5.19. The van der Waals surface area contributed by atoms with E-state index < -0.39 is 26.5 Å². The summed E-state index contributed by atoms with van der Waals surface area (Å²) in [7, 11) is 0. The Morgan fingerprint density at radius 2 is 1.62 bits per heavy atom. The molecule has 0 aliphatic carbocycles. The number of hydrogen-bond donors (Lipinski definition) is 0. The molecule has 84 valence electrons. The third-order valence-electron chi connectivity index (χ3n) is 1.93. The first-order chi connectivity index (χ1) is 7.34. The summed E-state index contributed by atoms with van der Waals surface area (Å²) in [6.07, 6.45) is 0. The highest BCUT2D eigenvalue weighted by Gasteiger charge is 2.27. The molecule has 0 saturated heterocycles. The molecule has 1 rings (SSSR count). The van der Waals surface area contributed by atoms with Gasteiger partial charge >= 0.3 is 11.4 Å². The number of carbonyl (C=O) groups is 1. The Bertz CT molecular complexity index is 499. The van der Waals surface area contributed by atoms with Gasteiger partial charge in [0.15, 0.2) is 0 Å². The van der Waals surface area contributed by atoms with Crippen molar-refractivity contribution in [2.45, 2.75) is 6.92 Å². The monoisotopic (exact) mass is 244 g/mol. The maximum Gasteiger partial charge on any atom is 0.346 e. The molecular weight excluding hydrogens is 240 g/mol. The van der Waals surface area contributed by atoms with Crippen LogP contribution in [0, 0.1) is 27.2 Å². The first kappa shape index (κ1) is 12.1. The number of benzene rings is 1. The largest absolute Gasteiger partial charge is 0.346 e. The van der Waals surface area contributed by atoms with Gasteiger partial charge in [-0.15, -0.1) is 0 Å². The molecule has 0 N–H and O–H groups in total. The van der Waals surface area contributed by atoms with Crippen LogP contribution >= 0.6 is 11.6 Å². The number of rotatable bonds is 3. The highest BCUT2D eigenvalue weighted by Crippen LogP contribution is 2.30. The number of nitro benzene ring substituents is 2. The van der Waals surface area contributed by atoms with E-state index in [1.807, 2.05) is 0 Å². The third-order valence-corrected chi connectivity index (χ3v) is 2.13. The predicted octanol–water partition coefficient (Wildman–Crippen LogP) is 2.19. The number of aryl methyl sites for hydroxylation is 1. The van der Waals surface area contributed by atoms with Crippen molar-refractivity contribution >= 4 is 28.2 Å². The molecule has 0 bridgehead atoms. The van der Waals surface area contributed by atoms with Gasteiger partial charge < -0.3 is 0 Å². The lowest BCUT2D eigenvalue weighted by atomic mass is 10.1. The average Bonchev–Trinajstić information content (AvgIpc) is 2.15. The van der Waals surface area contributed by atoms with Crippen LogP contribution in [0.3, 0.4) is 0 Å². The van der Waals surface area contributed by atoms with E-state index in [9.17, 15) is 25.0 Å². The van der Waals surface area contributed by atoms with Crippen molar-refractivity contribution in [1.29, 1.82) is 0 Å².